The molecule has 0 heteroatoms. The van der Waals surface area contributed by atoms with Gasteiger partial charge in [0, 0.05) is 0 Å². The van der Waals surface area contributed by atoms with E-state index < -0.39 is 0 Å². The molecule has 0 fully saturated rings. The third-order valence-corrected chi connectivity index (χ3v) is 3.95. The van der Waals surface area contributed by atoms with Crippen LogP contribution in [0.15, 0.2) is 24.3 Å². The molecule has 0 N–H and O–H groups in total. The molecule has 1 rings (SSSR count). The van der Waals surface area contributed by atoms with Crippen LogP contribution >= 0.6 is 0 Å². The summed E-state index contributed by atoms with van der Waals surface area (Å²) in [5.74, 6) is 0.920. The standard InChI is InChI=1S/C18H32/c1-2-3-4-5-6-7-8-9-10-11-12-15-18-16-13-14-17-18/h6-7,13,16,18H,2-5,8-12,14-15,17H2,1H3/b7-6+. The lowest BCUT2D eigenvalue weighted by molar-refractivity contribution is 0.519. The van der Waals surface area contributed by atoms with E-state index in [0.29, 0.717) is 0 Å². The van der Waals surface area contributed by atoms with Crippen molar-refractivity contribution in [3.8, 4) is 0 Å². The molecule has 104 valence electrons. The molecule has 1 aliphatic rings. The summed E-state index contributed by atoms with van der Waals surface area (Å²) < 4.78 is 0. The topological polar surface area (TPSA) is 0 Å². The van der Waals surface area contributed by atoms with Gasteiger partial charge in [-0.3, -0.25) is 0 Å². The Labute approximate surface area is 115 Å². The number of unbranched alkanes of at least 4 members (excludes halogenated alkanes) is 7. The molecular formula is C18H32. The maximum absolute atomic E-state index is 2.43. The summed E-state index contributed by atoms with van der Waals surface area (Å²) in [6.45, 7) is 2.27. The quantitative estimate of drug-likeness (QED) is 0.292. The highest BCUT2D eigenvalue weighted by atomic mass is 14.1. The molecule has 0 radical (unpaired) electrons. The lowest BCUT2D eigenvalue weighted by Gasteiger charge is -2.06. The SMILES string of the molecule is CCCCC/C=C/CCCCCCC1C=CCC1. The van der Waals surface area contributed by atoms with Gasteiger partial charge in [0.2, 0.25) is 0 Å². The molecule has 0 spiro atoms. The van der Waals surface area contributed by atoms with E-state index in [-0.39, 0.29) is 0 Å². The van der Waals surface area contributed by atoms with E-state index in [1.807, 2.05) is 0 Å². The Bertz CT molecular complexity index is 224. The third-order valence-electron chi connectivity index (χ3n) is 3.95. The molecule has 0 aromatic carbocycles. The van der Waals surface area contributed by atoms with Crippen molar-refractivity contribution in [2.45, 2.75) is 84.0 Å². The van der Waals surface area contributed by atoms with Crippen LogP contribution in [0.5, 0.6) is 0 Å². The molecule has 0 aromatic rings. The van der Waals surface area contributed by atoms with Crippen LogP contribution in [0.3, 0.4) is 0 Å². The second kappa shape index (κ2) is 11.6. The average molecular weight is 248 g/mol. The zero-order valence-corrected chi connectivity index (χ0v) is 12.4. The van der Waals surface area contributed by atoms with E-state index in [2.05, 4.69) is 31.2 Å². The van der Waals surface area contributed by atoms with Crippen molar-refractivity contribution >= 4 is 0 Å². The van der Waals surface area contributed by atoms with Crippen LogP contribution in [-0.2, 0) is 0 Å². The summed E-state index contributed by atoms with van der Waals surface area (Å²) in [6.07, 6.45) is 26.1. The van der Waals surface area contributed by atoms with Crippen molar-refractivity contribution in [3.05, 3.63) is 24.3 Å². The van der Waals surface area contributed by atoms with Crippen LogP contribution in [0.1, 0.15) is 84.0 Å². The monoisotopic (exact) mass is 248 g/mol. The largest absolute Gasteiger partial charge is 0.0885 e. The second-order valence-corrected chi connectivity index (χ2v) is 5.72. The van der Waals surface area contributed by atoms with Crippen LogP contribution in [-0.4, -0.2) is 0 Å². The van der Waals surface area contributed by atoms with Crippen LogP contribution in [0.2, 0.25) is 0 Å². The van der Waals surface area contributed by atoms with Gasteiger partial charge < -0.3 is 0 Å². The molecule has 0 nitrogen and oxygen atoms in total. The fourth-order valence-corrected chi connectivity index (χ4v) is 2.71. The predicted molar refractivity (Wildman–Crippen MR) is 82.8 cm³/mol. The minimum atomic E-state index is 0.920. The van der Waals surface area contributed by atoms with Crippen LogP contribution in [0, 0.1) is 5.92 Å². The molecule has 0 aliphatic heterocycles. The summed E-state index contributed by atoms with van der Waals surface area (Å²) in [6, 6.07) is 0. The van der Waals surface area contributed by atoms with Gasteiger partial charge in [-0.25, -0.2) is 0 Å². The fourth-order valence-electron chi connectivity index (χ4n) is 2.71. The third kappa shape index (κ3) is 8.55. The van der Waals surface area contributed by atoms with E-state index in [1.165, 1.54) is 77.0 Å². The fraction of sp³-hybridized carbons (Fsp3) is 0.778. The Morgan fingerprint density at radius 3 is 2.33 bits per heavy atom. The maximum Gasteiger partial charge on any atom is -0.0231 e. The van der Waals surface area contributed by atoms with E-state index in [4.69, 9.17) is 0 Å². The first-order chi connectivity index (χ1) is 8.93. The van der Waals surface area contributed by atoms with Crippen molar-refractivity contribution in [2.24, 2.45) is 5.92 Å². The average Bonchev–Trinajstić information content (AvgIpc) is 2.89. The minimum Gasteiger partial charge on any atom is -0.0885 e. The van der Waals surface area contributed by atoms with Crippen molar-refractivity contribution < 1.29 is 0 Å². The summed E-state index contributed by atoms with van der Waals surface area (Å²) in [7, 11) is 0. The Kier molecular flexibility index (Phi) is 9.98. The van der Waals surface area contributed by atoms with Gasteiger partial charge in [-0.05, 0) is 50.9 Å². The van der Waals surface area contributed by atoms with Crippen molar-refractivity contribution in [1.29, 1.82) is 0 Å². The summed E-state index contributed by atoms with van der Waals surface area (Å²) in [5, 5.41) is 0. The van der Waals surface area contributed by atoms with Gasteiger partial charge in [-0.15, -0.1) is 0 Å². The van der Waals surface area contributed by atoms with Gasteiger partial charge in [0.25, 0.3) is 0 Å². The Morgan fingerprint density at radius 2 is 1.67 bits per heavy atom. The first-order valence-electron chi connectivity index (χ1n) is 8.25. The molecule has 18 heavy (non-hydrogen) atoms. The summed E-state index contributed by atoms with van der Waals surface area (Å²) in [4.78, 5) is 0. The Hall–Kier alpha value is -0.520. The lowest BCUT2D eigenvalue weighted by atomic mass is 10.00. The van der Waals surface area contributed by atoms with Gasteiger partial charge in [-0.2, -0.15) is 0 Å². The predicted octanol–water partition coefficient (Wildman–Crippen LogP) is 6.43. The van der Waals surface area contributed by atoms with Crippen LogP contribution in [0.25, 0.3) is 0 Å². The molecular weight excluding hydrogens is 216 g/mol. The molecule has 1 aliphatic carbocycles. The number of rotatable bonds is 11. The lowest BCUT2D eigenvalue weighted by Crippen LogP contribution is -1.91. The van der Waals surface area contributed by atoms with Crippen LogP contribution in [0.4, 0.5) is 0 Å². The van der Waals surface area contributed by atoms with Gasteiger partial charge in [0.05, 0.1) is 0 Å². The van der Waals surface area contributed by atoms with E-state index in [0.717, 1.165) is 5.92 Å². The number of hydrogen-bond acceptors (Lipinski definition) is 0. The van der Waals surface area contributed by atoms with E-state index in [1.54, 1.807) is 0 Å². The van der Waals surface area contributed by atoms with Crippen molar-refractivity contribution in [3.63, 3.8) is 0 Å². The second-order valence-electron chi connectivity index (χ2n) is 5.72. The Balaban J connectivity index is 1.76. The van der Waals surface area contributed by atoms with Gasteiger partial charge in [-0.1, -0.05) is 63.3 Å². The highest BCUT2D eigenvalue weighted by Crippen LogP contribution is 2.23. The maximum atomic E-state index is 2.43. The van der Waals surface area contributed by atoms with E-state index in [9.17, 15) is 0 Å². The molecule has 0 heterocycles. The minimum absolute atomic E-state index is 0.920. The van der Waals surface area contributed by atoms with E-state index >= 15 is 0 Å². The molecule has 0 amide bonds. The number of allylic oxidation sites excluding steroid dienone is 4. The molecule has 0 bridgehead atoms. The molecule has 1 unspecified atom stereocenters. The highest BCUT2D eigenvalue weighted by Gasteiger charge is 2.07. The molecule has 1 atom stereocenters. The first kappa shape index (κ1) is 15.5. The number of hydrogen-bond donors (Lipinski definition) is 0. The van der Waals surface area contributed by atoms with Gasteiger partial charge in [0.15, 0.2) is 0 Å². The van der Waals surface area contributed by atoms with Gasteiger partial charge in [0.1, 0.15) is 0 Å². The molecule has 0 aromatic heterocycles. The summed E-state index contributed by atoms with van der Waals surface area (Å²) >= 11 is 0. The normalized spacial score (nSPS) is 19.1. The molecule has 0 saturated carbocycles. The zero-order chi connectivity index (χ0) is 12.9. The summed E-state index contributed by atoms with van der Waals surface area (Å²) in [5.41, 5.74) is 0. The zero-order valence-electron chi connectivity index (χ0n) is 12.4. The highest BCUT2D eigenvalue weighted by molar-refractivity contribution is 4.95. The van der Waals surface area contributed by atoms with Crippen LogP contribution < -0.4 is 0 Å². The Morgan fingerprint density at radius 1 is 0.944 bits per heavy atom. The first-order valence-corrected chi connectivity index (χ1v) is 8.25. The smallest absolute Gasteiger partial charge is 0.0231 e. The van der Waals surface area contributed by atoms with Crippen molar-refractivity contribution in [2.75, 3.05) is 0 Å². The molecule has 0 saturated heterocycles. The van der Waals surface area contributed by atoms with Gasteiger partial charge >= 0.3 is 0 Å². The van der Waals surface area contributed by atoms with Crippen molar-refractivity contribution in [1.82, 2.24) is 0 Å².